The van der Waals surface area contributed by atoms with Crippen LogP contribution in [0.2, 0.25) is 0 Å². The molecule has 1 aromatic heterocycles. The molecule has 2 aromatic rings. The molecule has 5 nitrogen and oxygen atoms in total. The Morgan fingerprint density at radius 2 is 2.23 bits per heavy atom. The Morgan fingerprint density at radius 3 is 2.91 bits per heavy atom. The molecule has 0 spiro atoms. The van der Waals surface area contributed by atoms with Crippen LogP contribution in [0.15, 0.2) is 36.5 Å². The highest BCUT2D eigenvalue weighted by Gasteiger charge is 2.33. The van der Waals surface area contributed by atoms with Gasteiger partial charge in [0.2, 0.25) is 5.91 Å². The van der Waals surface area contributed by atoms with E-state index in [0.29, 0.717) is 18.1 Å². The van der Waals surface area contributed by atoms with Gasteiger partial charge in [-0.2, -0.15) is 5.26 Å². The summed E-state index contributed by atoms with van der Waals surface area (Å²) in [5.74, 6) is -0.211. The summed E-state index contributed by atoms with van der Waals surface area (Å²) in [5, 5.41) is 12.5. The third-order valence-electron chi connectivity index (χ3n) is 3.87. The quantitative estimate of drug-likeness (QED) is 0.885. The van der Waals surface area contributed by atoms with E-state index in [2.05, 4.69) is 16.5 Å². The number of nitriles is 1. The number of hydrogen-bond acceptors (Lipinski definition) is 5. The molecule has 3 rings (SSSR count). The number of nitrogens with zero attached hydrogens (tertiary/aromatic N) is 3. The smallest absolute Gasteiger partial charge is 0.231 e. The summed E-state index contributed by atoms with van der Waals surface area (Å²) in [6.07, 6.45) is 4.61. The lowest BCUT2D eigenvalue weighted by Crippen LogP contribution is -2.25. The molecular formula is C16H16N4OS. The Balaban J connectivity index is 1.66. The molecule has 112 valence electrons. The number of thiazole rings is 1. The maximum absolute atomic E-state index is 12.3. The second-order valence-electron chi connectivity index (χ2n) is 5.42. The molecule has 2 unspecified atom stereocenters. The van der Waals surface area contributed by atoms with Gasteiger partial charge in [0.05, 0.1) is 10.8 Å². The Labute approximate surface area is 133 Å². The first-order chi connectivity index (χ1) is 10.7. The predicted octanol–water partition coefficient (Wildman–Crippen LogP) is 2.94. The van der Waals surface area contributed by atoms with Gasteiger partial charge in [-0.05, 0) is 18.9 Å². The van der Waals surface area contributed by atoms with Crippen molar-refractivity contribution in [2.24, 2.45) is 5.92 Å². The second-order valence-corrected chi connectivity index (χ2v) is 6.45. The summed E-state index contributed by atoms with van der Waals surface area (Å²) in [6, 6.07) is 10.1. The molecular weight excluding hydrogens is 296 g/mol. The van der Waals surface area contributed by atoms with Crippen LogP contribution in [0.4, 0.5) is 5.13 Å². The molecule has 22 heavy (non-hydrogen) atoms. The van der Waals surface area contributed by atoms with Crippen LogP contribution in [0, 0.1) is 17.4 Å². The van der Waals surface area contributed by atoms with Crippen LogP contribution in [0.25, 0.3) is 10.4 Å². The summed E-state index contributed by atoms with van der Waals surface area (Å²) in [5.41, 5.74) is 1.09. The number of benzene rings is 1. The molecule has 1 aliphatic heterocycles. The van der Waals surface area contributed by atoms with E-state index in [0.717, 1.165) is 10.4 Å². The van der Waals surface area contributed by atoms with Gasteiger partial charge < -0.3 is 10.2 Å². The molecule has 1 aromatic carbocycles. The van der Waals surface area contributed by atoms with Crippen LogP contribution in [0.5, 0.6) is 0 Å². The number of amides is 1. The van der Waals surface area contributed by atoms with Crippen molar-refractivity contribution in [3.63, 3.8) is 0 Å². The standard InChI is InChI=1S/C16H16N4OS/c1-11-7-13(9-20(11)10-17)15(21)19-16-18-8-14(22-16)12-5-3-2-4-6-12/h2-6,8,11,13H,7,9H2,1H3,(H,18,19,21). The van der Waals surface area contributed by atoms with Crippen LogP contribution >= 0.6 is 11.3 Å². The number of anilines is 1. The summed E-state index contributed by atoms with van der Waals surface area (Å²) in [6.45, 7) is 2.45. The SMILES string of the molecule is CC1CC(C(=O)Nc2ncc(-c3ccccc3)s2)CN1C#N. The van der Waals surface area contributed by atoms with Gasteiger partial charge in [0.15, 0.2) is 11.3 Å². The lowest BCUT2D eigenvalue weighted by Gasteiger charge is -2.11. The van der Waals surface area contributed by atoms with Gasteiger partial charge in [-0.1, -0.05) is 41.7 Å². The van der Waals surface area contributed by atoms with E-state index in [1.54, 1.807) is 11.1 Å². The maximum atomic E-state index is 12.3. The van der Waals surface area contributed by atoms with E-state index in [1.807, 2.05) is 37.3 Å². The molecule has 1 saturated heterocycles. The van der Waals surface area contributed by atoms with Crippen molar-refractivity contribution in [1.29, 1.82) is 5.26 Å². The number of carbonyl (C=O) groups is 1. The summed E-state index contributed by atoms with van der Waals surface area (Å²) in [4.78, 5) is 19.2. The van der Waals surface area contributed by atoms with Crippen LogP contribution in [0.3, 0.4) is 0 Å². The fourth-order valence-corrected chi connectivity index (χ4v) is 3.46. The number of aromatic nitrogens is 1. The van der Waals surface area contributed by atoms with Crippen molar-refractivity contribution in [3.05, 3.63) is 36.5 Å². The fraction of sp³-hybridized carbons (Fsp3) is 0.312. The van der Waals surface area contributed by atoms with Gasteiger partial charge in [0, 0.05) is 18.8 Å². The molecule has 2 heterocycles. The van der Waals surface area contributed by atoms with E-state index in [-0.39, 0.29) is 17.9 Å². The second kappa shape index (κ2) is 6.16. The van der Waals surface area contributed by atoms with E-state index in [9.17, 15) is 4.79 Å². The van der Waals surface area contributed by atoms with E-state index < -0.39 is 0 Å². The Hall–Kier alpha value is -2.39. The Bertz CT molecular complexity index is 706. The van der Waals surface area contributed by atoms with Crippen molar-refractivity contribution in [2.45, 2.75) is 19.4 Å². The Kier molecular flexibility index (Phi) is 4.07. The highest BCUT2D eigenvalue weighted by molar-refractivity contribution is 7.19. The maximum Gasteiger partial charge on any atom is 0.231 e. The van der Waals surface area contributed by atoms with Crippen LogP contribution in [0.1, 0.15) is 13.3 Å². The molecule has 1 aliphatic rings. The summed E-state index contributed by atoms with van der Waals surface area (Å²) in [7, 11) is 0. The Morgan fingerprint density at radius 1 is 1.45 bits per heavy atom. The zero-order chi connectivity index (χ0) is 15.5. The van der Waals surface area contributed by atoms with Gasteiger partial charge in [-0.3, -0.25) is 4.79 Å². The van der Waals surface area contributed by atoms with Crippen molar-refractivity contribution >= 4 is 22.4 Å². The first kappa shape index (κ1) is 14.5. The van der Waals surface area contributed by atoms with Gasteiger partial charge in [-0.25, -0.2) is 4.98 Å². The minimum absolute atomic E-state index is 0.0569. The van der Waals surface area contributed by atoms with Crippen LogP contribution in [-0.4, -0.2) is 28.4 Å². The average Bonchev–Trinajstić information content (AvgIpc) is 3.14. The fourth-order valence-electron chi connectivity index (χ4n) is 2.64. The number of hydrogen-bond donors (Lipinski definition) is 1. The normalized spacial score (nSPS) is 20.6. The van der Waals surface area contributed by atoms with Crippen LogP contribution in [-0.2, 0) is 4.79 Å². The molecule has 0 bridgehead atoms. The average molecular weight is 312 g/mol. The molecule has 2 atom stereocenters. The van der Waals surface area contributed by atoms with Gasteiger partial charge >= 0.3 is 0 Å². The highest BCUT2D eigenvalue weighted by Crippen LogP contribution is 2.30. The van der Waals surface area contributed by atoms with Gasteiger partial charge in [0.25, 0.3) is 0 Å². The van der Waals surface area contributed by atoms with E-state index in [4.69, 9.17) is 5.26 Å². The van der Waals surface area contributed by atoms with Crippen molar-refractivity contribution in [3.8, 4) is 16.6 Å². The minimum Gasteiger partial charge on any atom is -0.307 e. The topological polar surface area (TPSA) is 69.0 Å². The van der Waals surface area contributed by atoms with Crippen LogP contribution < -0.4 is 5.32 Å². The molecule has 0 aliphatic carbocycles. The predicted molar refractivity (Wildman–Crippen MR) is 86.1 cm³/mol. The molecule has 0 radical (unpaired) electrons. The number of rotatable bonds is 3. The summed E-state index contributed by atoms with van der Waals surface area (Å²) < 4.78 is 0. The molecule has 6 heteroatoms. The minimum atomic E-state index is -0.154. The van der Waals surface area contributed by atoms with Crippen molar-refractivity contribution in [2.75, 3.05) is 11.9 Å². The summed E-state index contributed by atoms with van der Waals surface area (Å²) >= 11 is 1.46. The number of likely N-dealkylation sites (tertiary alicyclic amines) is 1. The van der Waals surface area contributed by atoms with Crippen molar-refractivity contribution in [1.82, 2.24) is 9.88 Å². The van der Waals surface area contributed by atoms with E-state index in [1.165, 1.54) is 11.3 Å². The molecule has 1 amide bonds. The zero-order valence-corrected chi connectivity index (χ0v) is 13.0. The molecule has 1 N–H and O–H groups in total. The molecule has 0 saturated carbocycles. The lowest BCUT2D eigenvalue weighted by atomic mass is 10.1. The van der Waals surface area contributed by atoms with Gasteiger partial charge in [-0.15, -0.1) is 0 Å². The zero-order valence-electron chi connectivity index (χ0n) is 12.2. The van der Waals surface area contributed by atoms with Crippen molar-refractivity contribution < 1.29 is 4.79 Å². The number of carbonyl (C=O) groups excluding carboxylic acids is 1. The molecule has 1 fully saturated rings. The van der Waals surface area contributed by atoms with Gasteiger partial charge in [0.1, 0.15) is 0 Å². The number of nitrogens with one attached hydrogen (secondary N) is 1. The largest absolute Gasteiger partial charge is 0.307 e. The highest BCUT2D eigenvalue weighted by atomic mass is 32.1. The monoisotopic (exact) mass is 312 g/mol. The first-order valence-electron chi connectivity index (χ1n) is 7.16. The third-order valence-corrected chi connectivity index (χ3v) is 4.83. The first-order valence-corrected chi connectivity index (χ1v) is 7.97. The lowest BCUT2D eigenvalue weighted by molar-refractivity contribution is -0.119. The third kappa shape index (κ3) is 2.95. The van der Waals surface area contributed by atoms with E-state index >= 15 is 0 Å².